The number of hydrogen-bond acceptors (Lipinski definition) is 2. The number of nitrogens with one attached hydrogen (secondary N) is 2. The quantitative estimate of drug-likeness (QED) is 0.712. The van der Waals surface area contributed by atoms with Crippen molar-refractivity contribution in [2.75, 3.05) is 0 Å². The Hall–Kier alpha value is -1.26. The van der Waals surface area contributed by atoms with Gasteiger partial charge in [-0.15, -0.1) is 0 Å². The average molecular weight is 254 g/mol. The maximum Gasteiger partial charge on any atom is 0.325 e. The van der Waals surface area contributed by atoms with Gasteiger partial charge in [0.05, 0.1) is 0 Å². The summed E-state index contributed by atoms with van der Waals surface area (Å²) in [6, 6.07) is -1.10. The SMILES string of the molecule is CC(NC(=O)NC(C)C1CC2CCC1C2)C(=O)O. The molecule has 0 heterocycles. The number of rotatable bonds is 4. The lowest BCUT2D eigenvalue weighted by atomic mass is 9.84. The highest BCUT2D eigenvalue weighted by molar-refractivity contribution is 5.82. The minimum absolute atomic E-state index is 0.126. The molecule has 2 aliphatic rings. The van der Waals surface area contributed by atoms with Crippen LogP contribution in [-0.4, -0.2) is 29.2 Å². The van der Waals surface area contributed by atoms with Gasteiger partial charge in [0, 0.05) is 6.04 Å². The van der Waals surface area contributed by atoms with Crippen LogP contribution in [0.15, 0.2) is 0 Å². The zero-order chi connectivity index (χ0) is 13.3. The molecule has 2 saturated carbocycles. The molecule has 5 heteroatoms. The molecule has 0 aromatic rings. The van der Waals surface area contributed by atoms with E-state index in [4.69, 9.17) is 5.11 Å². The van der Waals surface area contributed by atoms with Gasteiger partial charge in [-0.05, 0) is 50.9 Å². The van der Waals surface area contributed by atoms with Crippen LogP contribution >= 0.6 is 0 Å². The second-order valence-electron chi connectivity index (χ2n) is 5.81. The third-order valence-electron chi connectivity index (χ3n) is 4.51. The van der Waals surface area contributed by atoms with Crippen molar-refractivity contribution in [3.05, 3.63) is 0 Å². The van der Waals surface area contributed by atoms with Gasteiger partial charge < -0.3 is 15.7 Å². The fourth-order valence-electron chi connectivity index (χ4n) is 3.52. The first kappa shape index (κ1) is 13.2. The number of hydrogen-bond donors (Lipinski definition) is 3. The summed E-state index contributed by atoms with van der Waals surface area (Å²) in [4.78, 5) is 22.3. The van der Waals surface area contributed by atoms with Crippen molar-refractivity contribution in [1.82, 2.24) is 10.6 Å². The number of carboxylic acid groups (broad SMARTS) is 1. The monoisotopic (exact) mass is 254 g/mol. The number of urea groups is 1. The van der Waals surface area contributed by atoms with Crippen LogP contribution in [0.3, 0.4) is 0 Å². The molecule has 0 spiro atoms. The second kappa shape index (κ2) is 5.16. The van der Waals surface area contributed by atoms with Crippen LogP contribution in [0.2, 0.25) is 0 Å². The molecule has 2 rings (SSSR count). The van der Waals surface area contributed by atoms with Gasteiger partial charge in [-0.25, -0.2) is 4.79 Å². The Morgan fingerprint density at radius 3 is 2.39 bits per heavy atom. The summed E-state index contributed by atoms with van der Waals surface area (Å²) in [7, 11) is 0. The van der Waals surface area contributed by atoms with Crippen LogP contribution in [0.25, 0.3) is 0 Å². The standard InChI is InChI=1S/C13H22N2O3/c1-7(11-6-9-3-4-10(11)5-9)14-13(18)15-8(2)12(16)17/h7-11H,3-6H2,1-2H3,(H,16,17)(H2,14,15,18). The topological polar surface area (TPSA) is 78.4 Å². The number of fused-ring (bicyclic) bond motifs is 2. The fraction of sp³-hybridized carbons (Fsp3) is 0.846. The van der Waals surface area contributed by atoms with E-state index < -0.39 is 12.0 Å². The molecule has 0 aromatic heterocycles. The lowest BCUT2D eigenvalue weighted by Gasteiger charge is -2.28. The van der Waals surface area contributed by atoms with Gasteiger partial charge in [-0.1, -0.05) is 6.42 Å². The molecule has 2 aliphatic carbocycles. The van der Waals surface area contributed by atoms with E-state index >= 15 is 0 Å². The van der Waals surface area contributed by atoms with Crippen LogP contribution in [0, 0.1) is 17.8 Å². The van der Waals surface area contributed by atoms with Gasteiger partial charge in [0.1, 0.15) is 6.04 Å². The van der Waals surface area contributed by atoms with Crippen LogP contribution in [0.5, 0.6) is 0 Å². The normalized spacial score (nSPS) is 32.9. The van der Waals surface area contributed by atoms with Gasteiger partial charge in [-0.2, -0.15) is 0 Å². The Kier molecular flexibility index (Phi) is 3.78. The highest BCUT2D eigenvalue weighted by Gasteiger charge is 2.42. The Morgan fingerprint density at radius 1 is 1.17 bits per heavy atom. The lowest BCUT2D eigenvalue weighted by Crippen LogP contribution is -2.49. The third kappa shape index (κ3) is 2.76. The van der Waals surface area contributed by atoms with E-state index in [0.717, 1.165) is 11.8 Å². The zero-order valence-corrected chi connectivity index (χ0v) is 11.0. The molecule has 3 N–H and O–H groups in total. The van der Waals surface area contributed by atoms with Gasteiger partial charge in [0.25, 0.3) is 0 Å². The number of carbonyl (C=O) groups excluding carboxylic acids is 1. The van der Waals surface area contributed by atoms with Crippen molar-refractivity contribution in [2.45, 2.75) is 51.6 Å². The summed E-state index contributed by atoms with van der Waals surface area (Å²) in [6.07, 6.45) is 5.15. The lowest BCUT2D eigenvalue weighted by molar-refractivity contribution is -0.138. The van der Waals surface area contributed by atoms with Crippen molar-refractivity contribution < 1.29 is 14.7 Å². The third-order valence-corrected chi connectivity index (χ3v) is 4.51. The Bertz CT molecular complexity index is 345. The van der Waals surface area contributed by atoms with Gasteiger partial charge in [0.2, 0.25) is 0 Å². The maximum absolute atomic E-state index is 11.6. The molecule has 0 saturated heterocycles. The van der Waals surface area contributed by atoms with Crippen LogP contribution in [0.1, 0.15) is 39.5 Å². The molecule has 2 bridgehead atoms. The van der Waals surface area contributed by atoms with E-state index in [0.29, 0.717) is 5.92 Å². The summed E-state index contributed by atoms with van der Waals surface area (Å²) < 4.78 is 0. The van der Waals surface area contributed by atoms with E-state index in [1.807, 2.05) is 6.92 Å². The Labute approximate surface area is 107 Å². The predicted molar refractivity (Wildman–Crippen MR) is 67.2 cm³/mol. The fourth-order valence-corrected chi connectivity index (χ4v) is 3.52. The minimum atomic E-state index is -1.02. The van der Waals surface area contributed by atoms with E-state index in [1.165, 1.54) is 32.6 Å². The van der Waals surface area contributed by atoms with Crippen molar-refractivity contribution in [1.29, 1.82) is 0 Å². The first-order valence-electron chi connectivity index (χ1n) is 6.77. The highest BCUT2D eigenvalue weighted by Crippen LogP contribution is 2.49. The number of aliphatic carboxylic acids is 1. The van der Waals surface area contributed by atoms with E-state index in [9.17, 15) is 9.59 Å². The molecule has 5 unspecified atom stereocenters. The van der Waals surface area contributed by atoms with Crippen molar-refractivity contribution in [3.63, 3.8) is 0 Å². The van der Waals surface area contributed by atoms with E-state index in [1.54, 1.807) is 0 Å². The highest BCUT2D eigenvalue weighted by atomic mass is 16.4. The van der Waals surface area contributed by atoms with Crippen LogP contribution < -0.4 is 10.6 Å². The van der Waals surface area contributed by atoms with Crippen molar-refractivity contribution >= 4 is 12.0 Å². The largest absolute Gasteiger partial charge is 0.480 e. The Morgan fingerprint density at radius 2 is 1.89 bits per heavy atom. The summed E-state index contributed by atoms with van der Waals surface area (Å²) in [5.74, 6) is 1.15. The summed E-state index contributed by atoms with van der Waals surface area (Å²) >= 11 is 0. The summed E-state index contributed by atoms with van der Waals surface area (Å²) in [5, 5.41) is 14.0. The van der Waals surface area contributed by atoms with Crippen LogP contribution in [-0.2, 0) is 4.79 Å². The molecule has 5 atom stereocenters. The predicted octanol–water partition coefficient (Wildman–Crippen LogP) is 1.58. The molecular formula is C13H22N2O3. The molecule has 0 radical (unpaired) electrons. The minimum Gasteiger partial charge on any atom is -0.480 e. The van der Waals surface area contributed by atoms with Gasteiger partial charge in [0.15, 0.2) is 0 Å². The second-order valence-corrected chi connectivity index (χ2v) is 5.81. The molecule has 5 nitrogen and oxygen atoms in total. The van der Waals surface area contributed by atoms with Gasteiger partial charge >= 0.3 is 12.0 Å². The van der Waals surface area contributed by atoms with Gasteiger partial charge in [-0.3, -0.25) is 4.79 Å². The molecule has 18 heavy (non-hydrogen) atoms. The molecule has 2 amide bonds. The summed E-state index contributed by atoms with van der Waals surface area (Å²) in [5.41, 5.74) is 0. The molecule has 0 aromatic carbocycles. The van der Waals surface area contributed by atoms with E-state index in [2.05, 4.69) is 10.6 Å². The van der Waals surface area contributed by atoms with Crippen molar-refractivity contribution in [3.8, 4) is 0 Å². The maximum atomic E-state index is 11.6. The van der Waals surface area contributed by atoms with E-state index in [-0.39, 0.29) is 12.1 Å². The molecular weight excluding hydrogens is 232 g/mol. The molecule has 102 valence electrons. The first-order chi connectivity index (χ1) is 8.47. The Balaban J connectivity index is 1.79. The van der Waals surface area contributed by atoms with Crippen LogP contribution in [0.4, 0.5) is 4.79 Å². The number of carboxylic acids is 1. The number of carbonyl (C=O) groups is 2. The zero-order valence-electron chi connectivity index (χ0n) is 11.0. The first-order valence-corrected chi connectivity index (χ1v) is 6.77. The molecule has 0 aliphatic heterocycles. The average Bonchev–Trinajstić information content (AvgIpc) is 2.89. The smallest absolute Gasteiger partial charge is 0.325 e. The number of amides is 2. The summed E-state index contributed by atoms with van der Waals surface area (Å²) in [6.45, 7) is 3.49. The van der Waals surface area contributed by atoms with Crippen molar-refractivity contribution in [2.24, 2.45) is 17.8 Å². The molecule has 2 fully saturated rings.